The van der Waals surface area contributed by atoms with E-state index < -0.39 is 0 Å². The first-order valence-electron chi connectivity index (χ1n) is 10.0. The number of nitrogens with zero attached hydrogens (tertiary/aromatic N) is 2. The summed E-state index contributed by atoms with van der Waals surface area (Å²) < 4.78 is 0. The van der Waals surface area contributed by atoms with Crippen molar-refractivity contribution in [3.8, 4) is 0 Å². The molecule has 1 heterocycles. The fourth-order valence-electron chi connectivity index (χ4n) is 3.72. The highest BCUT2D eigenvalue weighted by molar-refractivity contribution is 6.09. The highest BCUT2D eigenvalue weighted by Crippen LogP contribution is 2.23. The summed E-state index contributed by atoms with van der Waals surface area (Å²) >= 11 is 0. The van der Waals surface area contributed by atoms with Gasteiger partial charge in [0.25, 0.3) is 0 Å². The molecule has 0 aromatic heterocycles. The van der Waals surface area contributed by atoms with Crippen molar-refractivity contribution >= 4 is 11.7 Å². The SMILES string of the molecule is CC(C(=O)N1CCN(C(C)(C)C)CC1)c1cccc(C(=O)c2ccccc2)c1. The molecular formula is C24H30N2O2. The molecule has 28 heavy (non-hydrogen) atoms. The van der Waals surface area contributed by atoms with E-state index in [9.17, 15) is 9.59 Å². The number of ketones is 1. The molecule has 1 fully saturated rings. The molecule has 0 radical (unpaired) electrons. The molecule has 2 aromatic carbocycles. The number of amides is 1. The molecular weight excluding hydrogens is 348 g/mol. The van der Waals surface area contributed by atoms with Crippen molar-refractivity contribution in [2.24, 2.45) is 0 Å². The van der Waals surface area contributed by atoms with Gasteiger partial charge < -0.3 is 4.90 Å². The standard InChI is InChI=1S/C24H30N2O2/c1-18(23(28)25-13-15-26(16-14-25)24(2,3)4)20-11-8-12-21(17-20)22(27)19-9-6-5-7-10-19/h5-12,17-18H,13-16H2,1-4H3. The van der Waals surface area contributed by atoms with Gasteiger partial charge in [-0.05, 0) is 39.3 Å². The average molecular weight is 379 g/mol. The second-order valence-electron chi connectivity index (χ2n) is 8.53. The van der Waals surface area contributed by atoms with Crippen LogP contribution < -0.4 is 0 Å². The molecule has 1 amide bonds. The third-order valence-corrected chi connectivity index (χ3v) is 5.60. The van der Waals surface area contributed by atoms with Crippen molar-refractivity contribution in [2.75, 3.05) is 26.2 Å². The van der Waals surface area contributed by atoms with Gasteiger partial charge in [-0.15, -0.1) is 0 Å². The van der Waals surface area contributed by atoms with Crippen LogP contribution in [0.3, 0.4) is 0 Å². The minimum atomic E-state index is -0.260. The van der Waals surface area contributed by atoms with Gasteiger partial charge in [-0.25, -0.2) is 0 Å². The van der Waals surface area contributed by atoms with E-state index in [1.165, 1.54) is 0 Å². The van der Waals surface area contributed by atoms with Crippen molar-refractivity contribution < 1.29 is 9.59 Å². The molecule has 4 nitrogen and oxygen atoms in total. The first-order chi connectivity index (χ1) is 13.3. The molecule has 1 saturated heterocycles. The fraction of sp³-hybridized carbons (Fsp3) is 0.417. The largest absolute Gasteiger partial charge is 0.340 e. The number of hydrogen-bond acceptors (Lipinski definition) is 3. The molecule has 1 unspecified atom stereocenters. The van der Waals surface area contributed by atoms with Crippen LogP contribution in [-0.2, 0) is 4.79 Å². The second-order valence-corrected chi connectivity index (χ2v) is 8.53. The van der Waals surface area contributed by atoms with Gasteiger partial charge in [-0.1, -0.05) is 48.5 Å². The maximum Gasteiger partial charge on any atom is 0.229 e. The van der Waals surface area contributed by atoms with E-state index in [2.05, 4.69) is 25.7 Å². The Balaban J connectivity index is 1.70. The molecule has 3 rings (SSSR count). The van der Waals surface area contributed by atoms with Crippen LogP contribution in [0.5, 0.6) is 0 Å². The zero-order valence-electron chi connectivity index (χ0n) is 17.3. The van der Waals surface area contributed by atoms with Gasteiger partial charge in [0.05, 0.1) is 5.92 Å². The van der Waals surface area contributed by atoms with Gasteiger partial charge in [0.15, 0.2) is 5.78 Å². The Morgan fingerprint density at radius 3 is 2.07 bits per heavy atom. The van der Waals surface area contributed by atoms with E-state index >= 15 is 0 Å². The predicted molar refractivity (Wildman–Crippen MR) is 113 cm³/mol. The van der Waals surface area contributed by atoms with Gasteiger partial charge in [-0.2, -0.15) is 0 Å². The summed E-state index contributed by atoms with van der Waals surface area (Å²) in [6.07, 6.45) is 0. The number of carbonyl (C=O) groups excluding carboxylic acids is 2. The maximum atomic E-state index is 13.0. The zero-order valence-corrected chi connectivity index (χ0v) is 17.3. The van der Waals surface area contributed by atoms with E-state index in [1.807, 2.05) is 66.4 Å². The number of benzene rings is 2. The minimum Gasteiger partial charge on any atom is -0.340 e. The number of carbonyl (C=O) groups is 2. The Morgan fingerprint density at radius 2 is 1.46 bits per heavy atom. The second kappa shape index (κ2) is 8.27. The Hall–Kier alpha value is -2.46. The van der Waals surface area contributed by atoms with E-state index in [0.717, 1.165) is 31.7 Å². The van der Waals surface area contributed by atoms with E-state index in [1.54, 1.807) is 0 Å². The van der Waals surface area contributed by atoms with Gasteiger partial charge in [0.2, 0.25) is 5.91 Å². The van der Waals surface area contributed by atoms with Crippen LogP contribution in [0.25, 0.3) is 0 Å². The highest BCUT2D eigenvalue weighted by atomic mass is 16.2. The summed E-state index contributed by atoms with van der Waals surface area (Å²) in [6.45, 7) is 11.9. The quantitative estimate of drug-likeness (QED) is 0.756. The van der Waals surface area contributed by atoms with Gasteiger partial charge in [-0.3, -0.25) is 14.5 Å². The summed E-state index contributed by atoms with van der Waals surface area (Å²) in [4.78, 5) is 30.1. The van der Waals surface area contributed by atoms with Gasteiger partial charge >= 0.3 is 0 Å². The molecule has 2 aromatic rings. The molecule has 4 heteroatoms. The number of hydrogen-bond donors (Lipinski definition) is 0. The lowest BCUT2D eigenvalue weighted by molar-refractivity contribution is -0.135. The maximum absolute atomic E-state index is 13.0. The van der Waals surface area contributed by atoms with E-state index in [4.69, 9.17) is 0 Å². The Bertz CT molecular complexity index is 831. The zero-order chi connectivity index (χ0) is 20.3. The highest BCUT2D eigenvalue weighted by Gasteiger charge is 2.30. The lowest BCUT2D eigenvalue weighted by Gasteiger charge is -2.42. The molecule has 0 bridgehead atoms. The first kappa shape index (κ1) is 20.3. The van der Waals surface area contributed by atoms with Crippen LogP contribution in [0.1, 0.15) is 55.1 Å². The topological polar surface area (TPSA) is 40.6 Å². The Labute approximate surface area is 168 Å². The van der Waals surface area contributed by atoms with E-state index in [-0.39, 0.29) is 23.1 Å². The van der Waals surface area contributed by atoms with Gasteiger partial charge in [0, 0.05) is 42.8 Å². The van der Waals surface area contributed by atoms with Crippen LogP contribution in [0.15, 0.2) is 54.6 Å². The van der Waals surface area contributed by atoms with Crippen LogP contribution in [0.4, 0.5) is 0 Å². The first-order valence-corrected chi connectivity index (χ1v) is 10.0. The fourth-order valence-corrected chi connectivity index (χ4v) is 3.72. The smallest absolute Gasteiger partial charge is 0.229 e. The lowest BCUT2D eigenvalue weighted by atomic mass is 9.94. The van der Waals surface area contributed by atoms with Crippen LogP contribution in [0.2, 0.25) is 0 Å². The van der Waals surface area contributed by atoms with Crippen LogP contribution in [0, 0.1) is 0 Å². The molecule has 0 aliphatic carbocycles. The molecule has 1 aliphatic heterocycles. The van der Waals surface area contributed by atoms with Crippen molar-refractivity contribution in [1.29, 1.82) is 0 Å². The molecule has 1 aliphatic rings. The normalized spacial score (nSPS) is 16.6. The molecule has 1 atom stereocenters. The minimum absolute atomic E-state index is 0.0131. The molecule has 0 N–H and O–H groups in total. The molecule has 148 valence electrons. The van der Waals surface area contributed by atoms with Gasteiger partial charge in [0.1, 0.15) is 0 Å². The summed E-state index contributed by atoms with van der Waals surface area (Å²) in [5.41, 5.74) is 2.32. The summed E-state index contributed by atoms with van der Waals surface area (Å²) in [7, 11) is 0. The van der Waals surface area contributed by atoms with Crippen molar-refractivity contribution in [1.82, 2.24) is 9.80 Å². The lowest BCUT2D eigenvalue weighted by Crippen LogP contribution is -2.55. The van der Waals surface area contributed by atoms with Crippen molar-refractivity contribution in [2.45, 2.75) is 39.2 Å². The van der Waals surface area contributed by atoms with E-state index in [0.29, 0.717) is 11.1 Å². The third kappa shape index (κ3) is 4.50. The predicted octanol–water partition coefficient (Wildman–Crippen LogP) is 3.96. The van der Waals surface area contributed by atoms with Crippen molar-refractivity contribution in [3.05, 3.63) is 71.3 Å². The molecule has 0 spiro atoms. The Kier molecular flexibility index (Phi) is 5.99. The third-order valence-electron chi connectivity index (χ3n) is 5.60. The monoisotopic (exact) mass is 378 g/mol. The number of rotatable bonds is 4. The molecule has 0 saturated carbocycles. The average Bonchev–Trinajstić information content (AvgIpc) is 2.72. The summed E-state index contributed by atoms with van der Waals surface area (Å²) in [5.74, 6) is -0.136. The Morgan fingerprint density at radius 1 is 0.857 bits per heavy atom. The van der Waals surface area contributed by atoms with Crippen LogP contribution >= 0.6 is 0 Å². The van der Waals surface area contributed by atoms with Crippen LogP contribution in [-0.4, -0.2) is 53.2 Å². The van der Waals surface area contributed by atoms with Crippen molar-refractivity contribution in [3.63, 3.8) is 0 Å². The number of piperazine rings is 1. The summed E-state index contributed by atoms with van der Waals surface area (Å²) in [5, 5.41) is 0. The summed E-state index contributed by atoms with van der Waals surface area (Å²) in [6, 6.07) is 16.7.